The molecule has 1 saturated carbocycles. The molecule has 1 aliphatic rings. The highest BCUT2D eigenvalue weighted by Crippen LogP contribution is 2.46. The van der Waals surface area contributed by atoms with Crippen LogP contribution in [0.15, 0.2) is 79.0 Å². The molecule has 4 aromatic rings. The number of ether oxygens (including phenoxy) is 2. The van der Waals surface area contributed by atoms with Gasteiger partial charge >= 0.3 is 18.2 Å². The molecule has 0 saturated heterocycles. The van der Waals surface area contributed by atoms with E-state index >= 15 is 0 Å². The molecular formula is C27H21F3N2O4. The first-order chi connectivity index (χ1) is 17.2. The Morgan fingerprint density at radius 2 is 1.64 bits per heavy atom. The summed E-state index contributed by atoms with van der Waals surface area (Å²) in [6.07, 6.45) is -1.34. The zero-order valence-electron chi connectivity index (χ0n) is 19.1. The third-order valence-electron chi connectivity index (χ3n) is 6.26. The number of para-hydroxylation sites is 1. The Morgan fingerprint density at radius 3 is 2.25 bits per heavy atom. The Morgan fingerprint density at radius 1 is 0.944 bits per heavy atom. The molecule has 0 aliphatic heterocycles. The molecule has 1 aliphatic carbocycles. The average Bonchev–Trinajstić information content (AvgIpc) is 3.51. The number of nitrogens with one attached hydrogen (secondary N) is 1. The predicted molar refractivity (Wildman–Crippen MR) is 126 cm³/mol. The van der Waals surface area contributed by atoms with E-state index in [2.05, 4.69) is 5.32 Å². The normalized spacial score (nSPS) is 14.3. The van der Waals surface area contributed by atoms with Crippen LogP contribution in [0.5, 0.6) is 11.5 Å². The third-order valence-corrected chi connectivity index (χ3v) is 6.26. The molecule has 0 radical (unpaired) electrons. The maximum absolute atomic E-state index is 13.3. The van der Waals surface area contributed by atoms with E-state index in [0.29, 0.717) is 16.8 Å². The number of benzene rings is 3. The van der Waals surface area contributed by atoms with Crippen LogP contribution in [0.4, 0.5) is 18.0 Å². The second-order valence-electron chi connectivity index (χ2n) is 8.59. The number of nitrogens with zero attached hydrogens (tertiary/aromatic N) is 1. The van der Waals surface area contributed by atoms with Gasteiger partial charge in [0, 0.05) is 11.6 Å². The third kappa shape index (κ3) is 4.39. The summed E-state index contributed by atoms with van der Waals surface area (Å²) in [5.41, 5.74) is 0.467. The molecule has 6 nitrogen and oxygen atoms in total. The van der Waals surface area contributed by atoms with Gasteiger partial charge < -0.3 is 14.8 Å². The maximum atomic E-state index is 13.3. The monoisotopic (exact) mass is 494 g/mol. The number of halogens is 3. The number of hydrogen-bond acceptors (Lipinski definition) is 4. The molecule has 36 heavy (non-hydrogen) atoms. The highest BCUT2D eigenvalue weighted by atomic mass is 19.4. The Labute approximate surface area is 204 Å². The van der Waals surface area contributed by atoms with Crippen molar-refractivity contribution >= 4 is 22.9 Å². The minimum Gasteiger partial charge on any atom is -0.465 e. The van der Waals surface area contributed by atoms with E-state index in [9.17, 15) is 22.8 Å². The summed E-state index contributed by atoms with van der Waals surface area (Å²) in [4.78, 5) is 25.0. The number of amides is 1. The van der Waals surface area contributed by atoms with E-state index < -0.39 is 23.2 Å². The van der Waals surface area contributed by atoms with Crippen molar-refractivity contribution in [2.75, 3.05) is 7.11 Å². The van der Waals surface area contributed by atoms with Gasteiger partial charge in [0.15, 0.2) is 5.75 Å². The number of esters is 1. The van der Waals surface area contributed by atoms with Gasteiger partial charge in [0.1, 0.15) is 5.75 Å². The molecule has 184 valence electrons. The molecule has 0 bridgehead atoms. The van der Waals surface area contributed by atoms with E-state index in [1.165, 1.54) is 23.8 Å². The lowest BCUT2D eigenvalue weighted by molar-refractivity contribution is -0.137. The van der Waals surface area contributed by atoms with Crippen LogP contribution in [0, 0.1) is 0 Å². The number of rotatable bonds is 5. The molecular weight excluding hydrogens is 473 g/mol. The summed E-state index contributed by atoms with van der Waals surface area (Å²) < 4.78 is 50.7. The zero-order chi connectivity index (χ0) is 25.5. The highest BCUT2D eigenvalue weighted by Gasteiger charge is 2.46. The first-order valence-electron chi connectivity index (χ1n) is 11.2. The molecule has 1 heterocycles. The number of hydrogen-bond donors (Lipinski definition) is 1. The number of methoxy groups -OCH3 is 1. The number of carbonyl (C=O) groups is 2. The summed E-state index contributed by atoms with van der Waals surface area (Å²) in [6.45, 7) is 0. The van der Waals surface area contributed by atoms with Crippen LogP contribution < -0.4 is 10.1 Å². The van der Waals surface area contributed by atoms with Crippen LogP contribution in [-0.2, 0) is 16.5 Å². The molecule has 3 aromatic carbocycles. The fraction of sp³-hybridized carbons (Fsp3) is 0.185. The molecule has 1 amide bonds. The van der Waals surface area contributed by atoms with Crippen LogP contribution in [0.2, 0.25) is 0 Å². The molecule has 1 fully saturated rings. The van der Waals surface area contributed by atoms with Gasteiger partial charge in [-0.1, -0.05) is 24.3 Å². The topological polar surface area (TPSA) is 69.6 Å². The van der Waals surface area contributed by atoms with Gasteiger partial charge in [-0.15, -0.1) is 0 Å². The Balaban J connectivity index is 1.40. The fourth-order valence-electron chi connectivity index (χ4n) is 4.17. The van der Waals surface area contributed by atoms with Crippen LogP contribution in [0.1, 0.15) is 34.3 Å². The molecule has 1 N–H and O–H groups in total. The van der Waals surface area contributed by atoms with E-state index in [1.807, 2.05) is 6.07 Å². The standard InChI is InChI=1S/C27H21F3N2O4/c1-35-24(33)18-5-7-19(8-6-18)26(14-15-26)31-25(34)32-16-13-17-3-2-4-22(23(17)32)36-21-11-9-20(10-12-21)27(28,29)30/h2-13,16H,14-15H2,1H3,(H,31,34). The van der Waals surface area contributed by atoms with E-state index in [0.717, 1.165) is 35.9 Å². The van der Waals surface area contributed by atoms with Crippen LogP contribution in [0.3, 0.4) is 0 Å². The number of aromatic nitrogens is 1. The van der Waals surface area contributed by atoms with E-state index in [-0.39, 0.29) is 11.8 Å². The molecule has 1 aromatic heterocycles. The summed E-state index contributed by atoms with van der Waals surface area (Å²) in [6, 6.07) is 17.9. The lowest BCUT2D eigenvalue weighted by atomic mass is 10.0. The summed E-state index contributed by atoms with van der Waals surface area (Å²) >= 11 is 0. The van der Waals surface area contributed by atoms with Crippen molar-refractivity contribution in [1.82, 2.24) is 9.88 Å². The second-order valence-corrected chi connectivity index (χ2v) is 8.59. The van der Waals surface area contributed by atoms with Gasteiger partial charge in [-0.3, -0.25) is 4.57 Å². The molecule has 5 rings (SSSR count). The minimum atomic E-state index is -4.44. The van der Waals surface area contributed by atoms with Crippen LogP contribution in [-0.4, -0.2) is 23.7 Å². The van der Waals surface area contributed by atoms with Crippen molar-refractivity contribution in [3.05, 3.63) is 95.7 Å². The van der Waals surface area contributed by atoms with Crippen molar-refractivity contribution in [3.8, 4) is 11.5 Å². The summed E-state index contributed by atoms with van der Waals surface area (Å²) in [5, 5.41) is 3.82. The molecule has 0 atom stereocenters. The van der Waals surface area contributed by atoms with Crippen LogP contribution in [0.25, 0.3) is 10.9 Å². The van der Waals surface area contributed by atoms with Gasteiger partial charge in [-0.05, 0) is 66.9 Å². The van der Waals surface area contributed by atoms with Crippen molar-refractivity contribution < 1.29 is 32.2 Å². The van der Waals surface area contributed by atoms with Gasteiger partial charge in [-0.25, -0.2) is 9.59 Å². The van der Waals surface area contributed by atoms with Gasteiger partial charge in [-0.2, -0.15) is 13.2 Å². The zero-order valence-corrected chi connectivity index (χ0v) is 19.1. The van der Waals surface area contributed by atoms with Gasteiger partial charge in [0.25, 0.3) is 0 Å². The van der Waals surface area contributed by atoms with Crippen molar-refractivity contribution in [3.63, 3.8) is 0 Å². The fourth-order valence-corrected chi connectivity index (χ4v) is 4.17. The number of fused-ring (bicyclic) bond motifs is 1. The summed E-state index contributed by atoms with van der Waals surface area (Å²) in [7, 11) is 1.32. The lowest BCUT2D eigenvalue weighted by Gasteiger charge is -2.19. The molecule has 9 heteroatoms. The first kappa shape index (κ1) is 23.5. The largest absolute Gasteiger partial charge is 0.465 e. The number of alkyl halides is 3. The maximum Gasteiger partial charge on any atom is 0.416 e. The number of carbonyl (C=O) groups excluding carboxylic acids is 2. The Kier molecular flexibility index (Phi) is 5.70. The summed E-state index contributed by atoms with van der Waals surface area (Å²) in [5.74, 6) is 0.113. The van der Waals surface area contributed by atoms with E-state index in [1.54, 1.807) is 48.7 Å². The minimum absolute atomic E-state index is 0.216. The lowest BCUT2D eigenvalue weighted by Crippen LogP contribution is -2.37. The Bertz CT molecular complexity index is 1440. The van der Waals surface area contributed by atoms with Gasteiger partial charge in [0.05, 0.1) is 29.3 Å². The first-order valence-corrected chi connectivity index (χ1v) is 11.2. The smallest absolute Gasteiger partial charge is 0.416 e. The van der Waals surface area contributed by atoms with Gasteiger partial charge in [0.2, 0.25) is 0 Å². The van der Waals surface area contributed by atoms with Crippen molar-refractivity contribution in [2.24, 2.45) is 0 Å². The van der Waals surface area contributed by atoms with Crippen molar-refractivity contribution in [1.29, 1.82) is 0 Å². The second kappa shape index (κ2) is 8.75. The predicted octanol–water partition coefficient (Wildman–Crippen LogP) is 6.49. The SMILES string of the molecule is COC(=O)c1ccc(C2(NC(=O)n3ccc4cccc(Oc5ccc(C(F)(F)F)cc5)c43)CC2)cc1. The highest BCUT2D eigenvalue weighted by molar-refractivity contribution is 5.95. The van der Waals surface area contributed by atoms with Crippen molar-refractivity contribution in [2.45, 2.75) is 24.6 Å². The van der Waals surface area contributed by atoms with Crippen LogP contribution >= 0.6 is 0 Å². The Hall–Kier alpha value is -4.27. The average molecular weight is 494 g/mol. The molecule has 0 spiro atoms. The molecule has 0 unspecified atom stereocenters. The van der Waals surface area contributed by atoms with E-state index in [4.69, 9.17) is 9.47 Å². The quantitative estimate of drug-likeness (QED) is 0.322.